The van der Waals surface area contributed by atoms with Crippen LogP contribution in [0.25, 0.3) is 0 Å². The monoisotopic (exact) mass is 360 g/mol. The standard InChI is InChI=1S/C21H20N4O2/c22-13-16-12-18(24-21(27)15-7-4-8-17(23)11-15)9-10-19(16)25-20(26)14-5-2-1-3-6-14/h1-12H,13,22-23H2,(H,24,27)(H,25,26). The van der Waals surface area contributed by atoms with Crippen LogP contribution in [0.4, 0.5) is 17.1 Å². The summed E-state index contributed by atoms with van der Waals surface area (Å²) in [5.74, 6) is -0.492. The zero-order chi connectivity index (χ0) is 19.2. The molecule has 0 bridgehead atoms. The van der Waals surface area contributed by atoms with E-state index in [1.807, 2.05) is 6.07 Å². The van der Waals surface area contributed by atoms with Crippen molar-refractivity contribution in [3.63, 3.8) is 0 Å². The van der Waals surface area contributed by atoms with Gasteiger partial charge in [-0.05, 0) is 54.1 Å². The zero-order valence-electron chi connectivity index (χ0n) is 14.6. The molecule has 6 nitrogen and oxygen atoms in total. The Labute approximate surface area is 157 Å². The summed E-state index contributed by atoms with van der Waals surface area (Å²) in [4.78, 5) is 24.7. The molecular formula is C21H20N4O2. The van der Waals surface area contributed by atoms with Crippen LogP contribution in [-0.2, 0) is 6.54 Å². The molecule has 0 saturated carbocycles. The Balaban J connectivity index is 1.76. The van der Waals surface area contributed by atoms with Gasteiger partial charge >= 0.3 is 0 Å². The Morgan fingerprint density at radius 2 is 1.48 bits per heavy atom. The highest BCUT2D eigenvalue weighted by Gasteiger charge is 2.11. The SMILES string of the molecule is NCc1cc(NC(=O)c2cccc(N)c2)ccc1NC(=O)c1ccccc1. The van der Waals surface area contributed by atoms with Gasteiger partial charge in [0.25, 0.3) is 11.8 Å². The average molecular weight is 360 g/mol. The number of nitrogen functional groups attached to an aromatic ring is 1. The van der Waals surface area contributed by atoms with Crippen LogP contribution in [0.2, 0.25) is 0 Å². The Morgan fingerprint density at radius 1 is 0.778 bits per heavy atom. The lowest BCUT2D eigenvalue weighted by molar-refractivity contribution is 0.101. The quantitative estimate of drug-likeness (QED) is 0.524. The lowest BCUT2D eigenvalue weighted by atomic mass is 10.1. The van der Waals surface area contributed by atoms with Crippen molar-refractivity contribution >= 4 is 28.9 Å². The van der Waals surface area contributed by atoms with Crippen LogP contribution in [0, 0.1) is 0 Å². The molecule has 0 heterocycles. The van der Waals surface area contributed by atoms with E-state index in [1.54, 1.807) is 66.7 Å². The highest BCUT2D eigenvalue weighted by Crippen LogP contribution is 2.22. The topological polar surface area (TPSA) is 110 Å². The second-order valence-corrected chi connectivity index (χ2v) is 5.98. The molecule has 6 N–H and O–H groups in total. The molecule has 0 fully saturated rings. The molecule has 0 aromatic heterocycles. The average Bonchev–Trinajstić information content (AvgIpc) is 2.69. The van der Waals surface area contributed by atoms with Crippen molar-refractivity contribution in [1.82, 2.24) is 0 Å². The first-order chi connectivity index (χ1) is 13.1. The summed E-state index contributed by atoms with van der Waals surface area (Å²) in [5, 5.41) is 5.66. The Morgan fingerprint density at radius 3 is 2.19 bits per heavy atom. The van der Waals surface area contributed by atoms with Crippen LogP contribution in [0.3, 0.4) is 0 Å². The van der Waals surface area contributed by atoms with Gasteiger partial charge in [-0.1, -0.05) is 24.3 Å². The van der Waals surface area contributed by atoms with Gasteiger partial charge in [0.15, 0.2) is 0 Å². The van der Waals surface area contributed by atoms with E-state index in [-0.39, 0.29) is 18.4 Å². The minimum atomic E-state index is -0.272. The summed E-state index contributed by atoms with van der Waals surface area (Å²) in [6.45, 7) is 0.215. The van der Waals surface area contributed by atoms with E-state index in [9.17, 15) is 9.59 Å². The van der Waals surface area contributed by atoms with Gasteiger partial charge in [-0.15, -0.1) is 0 Å². The summed E-state index contributed by atoms with van der Waals surface area (Å²) >= 11 is 0. The molecule has 0 unspecified atom stereocenters. The Bertz CT molecular complexity index is 971. The molecule has 3 aromatic carbocycles. The van der Waals surface area contributed by atoms with Crippen molar-refractivity contribution in [3.05, 3.63) is 89.5 Å². The summed E-state index contributed by atoms with van der Waals surface area (Å²) in [7, 11) is 0. The normalized spacial score (nSPS) is 10.3. The van der Waals surface area contributed by atoms with Gasteiger partial charge in [-0.3, -0.25) is 9.59 Å². The number of carbonyl (C=O) groups excluding carboxylic acids is 2. The number of nitrogens with one attached hydrogen (secondary N) is 2. The minimum Gasteiger partial charge on any atom is -0.399 e. The van der Waals surface area contributed by atoms with Crippen molar-refractivity contribution in [1.29, 1.82) is 0 Å². The number of hydrogen-bond donors (Lipinski definition) is 4. The molecular weight excluding hydrogens is 340 g/mol. The van der Waals surface area contributed by atoms with Crippen molar-refractivity contribution < 1.29 is 9.59 Å². The largest absolute Gasteiger partial charge is 0.399 e. The van der Waals surface area contributed by atoms with Crippen molar-refractivity contribution in [3.8, 4) is 0 Å². The zero-order valence-corrected chi connectivity index (χ0v) is 14.6. The maximum absolute atomic E-state index is 12.3. The van der Waals surface area contributed by atoms with E-state index in [0.717, 1.165) is 0 Å². The third kappa shape index (κ3) is 4.50. The molecule has 0 aliphatic rings. The summed E-state index contributed by atoms with van der Waals surface area (Å²) in [5.41, 5.74) is 15.0. The Hall–Kier alpha value is -3.64. The maximum atomic E-state index is 12.3. The Kier molecular flexibility index (Phi) is 5.49. The van der Waals surface area contributed by atoms with Gasteiger partial charge < -0.3 is 22.1 Å². The van der Waals surface area contributed by atoms with Crippen LogP contribution >= 0.6 is 0 Å². The molecule has 6 heteroatoms. The number of hydrogen-bond acceptors (Lipinski definition) is 4. The predicted molar refractivity (Wildman–Crippen MR) is 108 cm³/mol. The molecule has 0 atom stereocenters. The van der Waals surface area contributed by atoms with Gasteiger partial charge in [0.05, 0.1) is 0 Å². The van der Waals surface area contributed by atoms with E-state index < -0.39 is 0 Å². The predicted octanol–water partition coefficient (Wildman–Crippen LogP) is 3.23. The molecule has 2 amide bonds. The number of rotatable bonds is 5. The van der Waals surface area contributed by atoms with Crippen molar-refractivity contribution in [2.75, 3.05) is 16.4 Å². The molecule has 3 rings (SSSR count). The fourth-order valence-electron chi connectivity index (χ4n) is 2.63. The highest BCUT2D eigenvalue weighted by atomic mass is 16.2. The van der Waals surface area contributed by atoms with Gasteiger partial charge in [0, 0.05) is 34.7 Å². The molecule has 0 aliphatic heterocycles. The summed E-state index contributed by atoms with van der Waals surface area (Å²) in [6.07, 6.45) is 0. The first-order valence-electron chi connectivity index (χ1n) is 8.43. The number of benzene rings is 3. The van der Waals surface area contributed by atoms with E-state index in [2.05, 4.69) is 10.6 Å². The van der Waals surface area contributed by atoms with Gasteiger partial charge in [0.1, 0.15) is 0 Å². The maximum Gasteiger partial charge on any atom is 0.255 e. The van der Waals surface area contributed by atoms with Crippen LogP contribution in [0.15, 0.2) is 72.8 Å². The van der Waals surface area contributed by atoms with E-state index in [1.165, 1.54) is 0 Å². The van der Waals surface area contributed by atoms with E-state index in [4.69, 9.17) is 11.5 Å². The lowest BCUT2D eigenvalue weighted by Crippen LogP contribution is -2.16. The molecule has 0 saturated heterocycles. The smallest absolute Gasteiger partial charge is 0.255 e. The second kappa shape index (κ2) is 8.16. The van der Waals surface area contributed by atoms with Gasteiger partial charge in [0.2, 0.25) is 0 Å². The first kappa shape index (κ1) is 18.2. The second-order valence-electron chi connectivity index (χ2n) is 5.98. The molecule has 0 spiro atoms. The highest BCUT2D eigenvalue weighted by molar-refractivity contribution is 6.06. The van der Waals surface area contributed by atoms with Crippen LogP contribution in [0.1, 0.15) is 26.3 Å². The number of anilines is 3. The fourth-order valence-corrected chi connectivity index (χ4v) is 2.63. The third-order valence-electron chi connectivity index (χ3n) is 4.02. The number of carbonyl (C=O) groups is 2. The van der Waals surface area contributed by atoms with Gasteiger partial charge in [-0.2, -0.15) is 0 Å². The molecule has 0 aliphatic carbocycles. The third-order valence-corrected chi connectivity index (χ3v) is 4.02. The first-order valence-corrected chi connectivity index (χ1v) is 8.43. The van der Waals surface area contributed by atoms with E-state index in [0.29, 0.717) is 33.8 Å². The van der Waals surface area contributed by atoms with Crippen LogP contribution < -0.4 is 22.1 Å². The van der Waals surface area contributed by atoms with Gasteiger partial charge in [-0.25, -0.2) is 0 Å². The van der Waals surface area contributed by atoms with Crippen molar-refractivity contribution in [2.24, 2.45) is 5.73 Å². The molecule has 27 heavy (non-hydrogen) atoms. The molecule has 3 aromatic rings. The molecule has 0 radical (unpaired) electrons. The lowest BCUT2D eigenvalue weighted by Gasteiger charge is -2.13. The van der Waals surface area contributed by atoms with Crippen LogP contribution in [0.5, 0.6) is 0 Å². The summed E-state index contributed by atoms with van der Waals surface area (Å²) in [6, 6.07) is 20.8. The van der Waals surface area contributed by atoms with Crippen molar-refractivity contribution in [2.45, 2.75) is 6.54 Å². The fraction of sp³-hybridized carbons (Fsp3) is 0.0476. The summed E-state index contributed by atoms with van der Waals surface area (Å²) < 4.78 is 0. The number of nitrogens with two attached hydrogens (primary N) is 2. The van der Waals surface area contributed by atoms with Crippen LogP contribution in [-0.4, -0.2) is 11.8 Å². The number of amides is 2. The molecule has 136 valence electrons. The minimum absolute atomic E-state index is 0.215. The van der Waals surface area contributed by atoms with E-state index >= 15 is 0 Å².